The first kappa shape index (κ1) is 18.2. The number of benzene rings is 2. The van der Waals surface area contributed by atoms with Crippen molar-refractivity contribution in [2.45, 2.75) is 41.5 Å². The van der Waals surface area contributed by atoms with Gasteiger partial charge in [-0.25, -0.2) is 4.39 Å². The Bertz CT molecular complexity index is 507. The first-order valence-electron chi connectivity index (χ1n) is 7.16. The Hall–Kier alpha value is -1.83. The molecule has 0 atom stereocenters. The van der Waals surface area contributed by atoms with Crippen LogP contribution in [0.1, 0.15) is 38.8 Å². The zero-order valence-corrected chi connectivity index (χ0v) is 13.3. The number of rotatable bonds is 2. The number of aryl methyl sites for hydroxylation is 2. The van der Waals surface area contributed by atoms with Gasteiger partial charge in [0.15, 0.2) is 11.6 Å². The maximum atomic E-state index is 13.3. The number of hydrogen-bond acceptors (Lipinski definition) is 1. The lowest BCUT2D eigenvalue weighted by molar-refractivity contribution is 0.442. The van der Waals surface area contributed by atoms with E-state index in [1.165, 1.54) is 11.6 Å². The van der Waals surface area contributed by atoms with Crippen molar-refractivity contribution in [3.63, 3.8) is 0 Å². The molecule has 0 heterocycles. The van der Waals surface area contributed by atoms with Crippen molar-refractivity contribution in [1.82, 2.24) is 0 Å². The number of para-hydroxylation sites is 1. The highest BCUT2D eigenvalue weighted by Gasteiger charge is 2.03. The summed E-state index contributed by atoms with van der Waals surface area (Å²) in [6.07, 6.45) is 0. The molecule has 2 heteroatoms. The van der Waals surface area contributed by atoms with Gasteiger partial charge in [0.05, 0.1) is 0 Å². The molecule has 20 heavy (non-hydrogen) atoms. The van der Waals surface area contributed by atoms with Gasteiger partial charge in [-0.2, -0.15) is 0 Å². The van der Waals surface area contributed by atoms with Crippen molar-refractivity contribution in [2.75, 3.05) is 0 Å². The summed E-state index contributed by atoms with van der Waals surface area (Å²) in [6.45, 7) is 12.0. The lowest BCUT2D eigenvalue weighted by atomic mass is 10.1. The van der Waals surface area contributed by atoms with E-state index in [0.29, 0.717) is 5.75 Å². The van der Waals surface area contributed by atoms with E-state index < -0.39 is 0 Å². The molecule has 0 fully saturated rings. The van der Waals surface area contributed by atoms with Crippen LogP contribution in [-0.4, -0.2) is 0 Å². The fourth-order valence-electron chi connectivity index (χ4n) is 1.43. The van der Waals surface area contributed by atoms with Gasteiger partial charge >= 0.3 is 0 Å². The minimum atomic E-state index is -0.347. The third-order valence-electron chi connectivity index (χ3n) is 2.54. The third kappa shape index (κ3) is 5.43. The number of halogens is 1. The van der Waals surface area contributed by atoms with Crippen LogP contribution >= 0.6 is 0 Å². The van der Waals surface area contributed by atoms with Crippen molar-refractivity contribution < 1.29 is 9.13 Å². The van der Waals surface area contributed by atoms with Crippen LogP contribution in [0.5, 0.6) is 11.5 Å². The van der Waals surface area contributed by atoms with E-state index in [1.54, 1.807) is 18.2 Å². The minimum Gasteiger partial charge on any atom is -0.454 e. The second-order valence-electron chi connectivity index (χ2n) is 3.78. The summed E-state index contributed by atoms with van der Waals surface area (Å²) >= 11 is 0. The zero-order valence-electron chi connectivity index (χ0n) is 13.3. The maximum Gasteiger partial charge on any atom is 0.165 e. The van der Waals surface area contributed by atoms with Gasteiger partial charge in [-0.05, 0) is 49.2 Å². The topological polar surface area (TPSA) is 9.23 Å². The van der Waals surface area contributed by atoms with Crippen molar-refractivity contribution in [3.8, 4) is 11.5 Å². The summed E-state index contributed by atoms with van der Waals surface area (Å²) in [5, 5.41) is 0. The number of hydrogen-bond donors (Lipinski definition) is 0. The highest BCUT2D eigenvalue weighted by Crippen LogP contribution is 2.25. The van der Waals surface area contributed by atoms with Gasteiger partial charge in [-0.3, -0.25) is 0 Å². The Morgan fingerprint density at radius 2 is 1.40 bits per heavy atom. The van der Waals surface area contributed by atoms with Crippen LogP contribution in [0.2, 0.25) is 0 Å². The van der Waals surface area contributed by atoms with E-state index in [9.17, 15) is 4.39 Å². The molecule has 0 bridgehead atoms. The molecule has 2 aromatic carbocycles. The average Bonchev–Trinajstić information content (AvgIpc) is 2.49. The molecule has 0 radical (unpaired) electrons. The SMILES string of the molecule is CC.CC.Cc1ccc(Oc2ccccc2F)cc1C. The van der Waals surface area contributed by atoms with E-state index in [0.717, 1.165) is 5.56 Å². The normalized spacial score (nSPS) is 8.75. The van der Waals surface area contributed by atoms with Gasteiger partial charge in [0, 0.05) is 0 Å². The summed E-state index contributed by atoms with van der Waals surface area (Å²) in [5.74, 6) is 0.569. The summed E-state index contributed by atoms with van der Waals surface area (Å²) in [5.41, 5.74) is 2.33. The van der Waals surface area contributed by atoms with Crippen molar-refractivity contribution in [2.24, 2.45) is 0 Å². The van der Waals surface area contributed by atoms with Crippen molar-refractivity contribution >= 4 is 0 Å². The van der Waals surface area contributed by atoms with E-state index in [1.807, 2.05) is 59.7 Å². The summed E-state index contributed by atoms with van der Waals surface area (Å²) < 4.78 is 18.8. The highest BCUT2D eigenvalue weighted by atomic mass is 19.1. The smallest absolute Gasteiger partial charge is 0.165 e. The van der Waals surface area contributed by atoms with Gasteiger partial charge in [0.25, 0.3) is 0 Å². The maximum absolute atomic E-state index is 13.3. The summed E-state index contributed by atoms with van der Waals surface area (Å²) in [4.78, 5) is 0. The van der Waals surface area contributed by atoms with E-state index in [-0.39, 0.29) is 11.6 Å². The molecule has 0 aliphatic rings. The molecule has 0 aliphatic heterocycles. The minimum absolute atomic E-state index is 0.255. The molecule has 0 saturated heterocycles. The van der Waals surface area contributed by atoms with Crippen LogP contribution in [-0.2, 0) is 0 Å². The van der Waals surface area contributed by atoms with Crippen LogP contribution in [0.25, 0.3) is 0 Å². The molecule has 0 saturated carbocycles. The molecule has 0 aliphatic carbocycles. The molecule has 2 rings (SSSR count). The van der Waals surface area contributed by atoms with E-state index >= 15 is 0 Å². The first-order chi connectivity index (χ1) is 9.66. The Labute approximate surface area is 122 Å². The second-order valence-corrected chi connectivity index (χ2v) is 3.78. The van der Waals surface area contributed by atoms with Crippen LogP contribution in [0.4, 0.5) is 4.39 Å². The largest absolute Gasteiger partial charge is 0.454 e. The molecular formula is C18H25FO. The van der Waals surface area contributed by atoms with Crippen LogP contribution in [0, 0.1) is 19.7 Å². The monoisotopic (exact) mass is 276 g/mol. The molecule has 110 valence electrons. The predicted octanol–water partition coefficient (Wildman–Crippen LogP) is 6.29. The molecule has 1 nitrogen and oxygen atoms in total. The third-order valence-corrected chi connectivity index (χ3v) is 2.54. The van der Waals surface area contributed by atoms with E-state index in [4.69, 9.17) is 4.74 Å². The van der Waals surface area contributed by atoms with Crippen LogP contribution < -0.4 is 4.74 Å². The van der Waals surface area contributed by atoms with Gasteiger partial charge in [0.2, 0.25) is 0 Å². The summed E-state index contributed by atoms with van der Waals surface area (Å²) in [6, 6.07) is 12.1. The molecule has 0 amide bonds. The fourth-order valence-corrected chi connectivity index (χ4v) is 1.43. The lowest BCUT2D eigenvalue weighted by Crippen LogP contribution is -1.89. The van der Waals surface area contributed by atoms with E-state index in [2.05, 4.69) is 0 Å². The fraction of sp³-hybridized carbons (Fsp3) is 0.333. The average molecular weight is 276 g/mol. The van der Waals surface area contributed by atoms with Gasteiger partial charge in [0.1, 0.15) is 5.75 Å². The molecule has 0 unspecified atom stereocenters. The van der Waals surface area contributed by atoms with Gasteiger partial charge < -0.3 is 4.74 Å². The zero-order chi connectivity index (χ0) is 15.5. The Kier molecular flexibility index (Phi) is 9.10. The van der Waals surface area contributed by atoms with Crippen molar-refractivity contribution in [1.29, 1.82) is 0 Å². The van der Waals surface area contributed by atoms with Gasteiger partial charge in [-0.15, -0.1) is 0 Å². The molecule has 0 spiro atoms. The second kappa shape index (κ2) is 10.0. The lowest BCUT2D eigenvalue weighted by Gasteiger charge is -2.08. The standard InChI is InChI=1S/C14H13FO.2C2H6/c1-10-7-8-12(9-11(10)2)16-14-6-4-3-5-13(14)15;2*1-2/h3-9H,1-2H3;2*1-2H3. The summed E-state index contributed by atoms with van der Waals surface area (Å²) in [7, 11) is 0. The quantitative estimate of drug-likeness (QED) is 0.626. The molecular weight excluding hydrogens is 251 g/mol. The first-order valence-corrected chi connectivity index (χ1v) is 7.16. The Balaban J connectivity index is 0.000000829. The molecule has 0 N–H and O–H groups in total. The number of ether oxygens (including phenoxy) is 1. The molecule has 2 aromatic rings. The van der Waals surface area contributed by atoms with Crippen LogP contribution in [0.15, 0.2) is 42.5 Å². The molecule has 0 aromatic heterocycles. The van der Waals surface area contributed by atoms with Gasteiger partial charge in [-0.1, -0.05) is 45.9 Å². The highest BCUT2D eigenvalue weighted by molar-refractivity contribution is 5.37. The van der Waals surface area contributed by atoms with Crippen LogP contribution in [0.3, 0.4) is 0 Å². The van der Waals surface area contributed by atoms with Crippen molar-refractivity contribution in [3.05, 3.63) is 59.4 Å². The Morgan fingerprint density at radius 3 is 1.95 bits per heavy atom. The Morgan fingerprint density at radius 1 is 0.800 bits per heavy atom. The predicted molar refractivity (Wildman–Crippen MR) is 85.1 cm³/mol.